The highest BCUT2D eigenvalue weighted by Crippen LogP contribution is 1.80. The monoisotopic (exact) mass is 122 g/mol. The van der Waals surface area contributed by atoms with Gasteiger partial charge in [0.1, 0.15) is 12.9 Å². The van der Waals surface area contributed by atoms with Crippen molar-refractivity contribution >= 4 is 18.3 Å². The molecule has 0 bridgehead atoms. The zero-order valence-electron chi connectivity index (χ0n) is 4.82. The highest BCUT2D eigenvalue weighted by Gasteiger charge is 1.91. The smallest absolute Gasteiger partial charge is 0.177 e. The summed E-state index contributed by atoms with van der Waals surface area (Å²) in [7, 11) is 0. The number of allylic oxidation sites excluding steroid dienone is 1. The van der Waals surface area contributed by atoms with E-state index in [2.05, 4.69) is 9.98 Å². The van der Waals surface area contributed by atoms with E-state index in [0.717, 1.165) is 0 Å². The SMILES string of the molecule is O=C1C=CC=NC=NC1. The van der Waals surface area contributed by atoms with Gasteiger partial charge in [0.05, 0.1) is 0 Å². The van der Waals surface area contributed by atoms with Gasteiger partial charge in [0.15, 0.2) is 5.78 Å². The summed E-state index contributed by atoms with van der Waals surface area (Å²) in [6.07, 6.45) is 5.97. The van der Waals surface area contributed by atoms with Crippen molar-refractivity contribution < 1.29 is 4.79 Å². The largest absolute Gasteiger partial charge is 0.293 e. The fraction of sp³-hybridized carbons (Fsp3) is 0.167. The van der Waals surface area contributed by atoms with E-state index in [0.29, 0.717) is 0 Å². The van der Waals surface area contributed by atoms with Crippen LogP contribution in [0.15, 0.2) is 22.1 Å². The molecule has 0 aliphatic carbocycles. The van der Waals surface area contributed by atoms with Crippen LogP contribution in [0.5, 0.6) is 0 Å². The molecule has 0 radical (unpaired) electrons. The lowest BCUT2D eigenvalue weighted by Gasteiger charge is -1.86. The third-order valence-electron chi connectivity index (χ3n) is 0.850. The summed E-state index contributed by atoms with van der Waals surface area (Å²) < 4.78 is 0. The molecule has 0 amide bonds. The number of hydrogen-bond acceptors (Lipinski definition) is 3. The maximum atomic E-state index is 10.6. The molecule has 0 spiro atoms. The molecular formula is C6H6N2O. The van der Waals surface area contributed by atoms with Crippen LogP contribution in [-0.2, 0) is 4.79 Å². The minimum atomic E-state index is 0.0115. The van der Waals surface area contributed by atoms with Gasteiger partial charge >= 0.3 is 0 Å². The van der Waals surface area contributed by atoms with Crippen LogP contribution in [0, 0.1) is 0 Å². The van der Waals surface area contributed by atoms with Gasteiger partial charge in [0.2, 0.25) is 0 Å². The lowest BCUT2D eigenvalue weighted by atomic mass is 10.3. The third kappa shape index (κ3) is 1.99. The maximum absolute atomic E-state index is 10.6. The predicted octanol–water partition coefficient (Wildman–Crippen LogP) is 0.224. The standard InChI is InChI=1S/C6H6N2O/c9-6-2-1-3-7-5-8-4-6/h1-3,5H,4H2. The molecule has 3 nitrogen and oxygen atoms in total. The van der Waals surface area contributed by atoms with Gasteiger partial charge in [-0.1, -0.05) is 0 Å². The average Bonchev–Trinajstić information content (AvgIpc) is 1.79. The fourth-order valence-corrected chi connectivity index (χ4v) is 0.469. The van der Waals surface area contributed by atoms with Crippen LogP contribution in [0.25, 0.3) is 0 Å². The number of ketones is 1. The van der Waals surface area contributed by atoms with Gasteiger partial charge in [-0.15, -0.1) is 0 Å². The van der Waals surface area contributed by atoms with Crippen molar-refractivity contribution in [1.82, 2.24) is 0 Å². The first kappa shape index (κ1) is 5.88. The van der Waals surface area contributed by atoms with Crippen molar-refractivity contribution in [2.75, 3.05) is 6.54 Å². The first-order valence-corrected chi connectivity index (χ1v) is 2.60. The second kappa shape index (κ2) is 2.91. The molecule has 0 fully saturated rings. The van der Waals surface area contributed by atoms with Crippen LogP contribution in [0.1, 0.15) is 0 Å². The molecule has 1 rings (SSSR count). The summed E-state index contributed by atoms with van der Waals surface area (Å²) in [4.78, 5) is 18.0. The molecule has 0 atom stereocenters. The van der Waals surface area contributed by atoms with Crippen LogP contribution in [-0.4, -0.2) is 24.9 Å². The van der Waals surface area contributed by atoms with Crippen LogP contribution in [0.2, 0.25) is 0 Å². The summed E-state index contributed by atoms with van der Waals surface area (Å²) in [6, 6.07) is 0. The Hall–Kier alpha value is -1.25. The molecule has 0 aromatic heterocycles. The van der Waals surface area contributed by atoms with Crippen molar-refractivity contribution in [3.05, 3.63) is 12.2 Å². The summed E-state index contributed by atoms with van der Waals surface area (Å²) in [5.74, 6) is 0.0115. The molecule has 0 unspecified atom stereocenters. The van der Waals surface area contributed by atoms with E-state index in [4.69, 9.17) is 0 Å². The summed E-state index contributed by atoms with van der Waals surface area (Å²) >= 11 is 0. The molecule has 9 heavy (non-hydrogen) atoms. The van der Waals surface area contributed by atoms with Gasteiger partial charge in [-0.05, 0) is 12.2 Å². The Morgan fingerprint density at radius 1 is 1.56 bits per heavy atom. The molecule has 46 valence electrons. The minimum Gasteiger partial charge on any atom is -0.293 e. The lowest BCUT2D eigenvalue weighted by Crippen LogP contribution is -1.98. The maximum Gasteiger partial charge on any atom is 0.177 e. The van der Waals surface area contributed by atoms with E-state index in [1.807, 2.05) is 0 Å². The van der Waals surface area contributed by atoms with E-state index in [9.17, 15) is 4.79 Å². The Labute approximate surface area is 52.8 Å². The van der Waals surface area contributed by atoms with Gasteiger partial charge in [-0.3, -0.25) is 9.79 Å². The molecule has 0 saturated carbocycles. The number of nitrogens with zero attached hydrogens (tertiary/aromatic N) is 2. The van der Waals surface area contributed by atoms with E-state index >= 15 is 0 Å². The quantitative estimate of drug-likeness (QED) is 0.453. The van der Waals surface area contributed by atoms with Gasteiger partial charge in [-0.25, -0.2) is 4.99 Å². The number of carbonyl (C=O) groups excluding carboxylic acids is 1. The molecule has 0 saturated heterocycles. The molecule has 0 aromatic rings. The average molecular weight is 122 g/mol. The van der Waals surface area contributed by atoms with Crippen molar-refractivity contribution in [1.29, 1.82) is 0 Å². The van der Waals surface area contributed by atoms with Gasteiger partial charge in [-0.2, -0.15) is 0 Å². The normalized spacial score (nSPS) is 17.6. The summed E-state index contributed by atoms with van der Waals surface area (Å²) in [5.41, 5.74) is 0. The Kier molecular flexibility index (Phi) is 1.90. The highest BCUT2D eigenvalue weighted by atomic mass is 16.1. The van der Waals surface area contributed by atoms with Crippen LogP contribution >= 0.6 is 0 Å². The number of carbonyl (C=O) groups is 1. The predicted molar refractivity (Wildman–Crippen MR) is 36.0 cm³/mol. The van der Waals surface area contributed by atoms with E-state index in [1.165, 1.54) is 18.6 Å². The van der Waals surface area contributed by atoms with Crippen molar-refractivity contribution in [2.24, 2.45) is 9.98 Å². The van der Waals surface area contributed by atoms with Crippen molar-refractivity contribution in [3.8, 4) is 0 Å². The summed E-state index contributed by atoms with van der Waals surface area (Å²) in [5, 5.41) is 0. The minimum absolute atomic E-state index is 0.0115. The number of rotatable bonds is 0. The lowest BCUT2D eigenvalue weighted by molar-refractivity contribution is -0.113. The molecule has 0 aromatic carbocycles. The van der Waals surface area contributed by atoms with Crippen LogP contribution < -0.4 is 0 Å². The highest BCUT2D eigenvalue weighted by molar-refractivity contribution is 5.97. The molecule has 0 N–H and O–H groups in total. The Bertz CT molecular complexity index is 191. The van der Waals surface area contributed by atoms with Gasteiger partial charge in [0, 0.05) is 6.21 Å². The van der Waals surface area contributed by atoms with Crippen LogP contribution in [0.4, 0.5) is 0 Å². The number of aliphatic imine (C=N–C) groups is 2. The summed E-state index contributed by atoms with van der Waals surface area (Å²) in [6.45, 7) is 0.216. The Morgan fingerprint density at radius 2 is 2.44 bits per heavy atom. The number of hydrogen-bond donors (Lipinski definition) is 0. The van der Waals surface area contributed by atoms with Crippen molar-refractivity contribution in [3.63, 3.8) is 0 Å². The Morgan fingerprint density at radius 3 is 3.33 bits per heavy atom. The molecule has 1 aliphatic rings. The van der Waals surface area contributed by atoms with E-state index < -0.39 is 0 Å². The zero-order valence-corrected chi connectivity index (χ0v) is 4.82. The second-order valence-electron chi connectivity index (χ2n) is 1.58. The second-order valence-corrected chi connectivity index (χ2v) is 1.58. The molecule has 3 heteroatoms. The zero-order chi connectivity index (χ0) is 6.53. The Balaban J connectivity index is 2.70. The van der Waals surface area contributed by atoms with Gasteiger partial charge in [0.25, 0.3) is 0 Å². The molecule has 1 aliphatic heterocycles. The first-order chi connectivity index (χ1) is 4.39. The first-order valence-electron chi connectivity index (χ1n) is 2.60. The topological polar surface area (TPSA) is 41.8 Å². The van der Waals surface area contributed by atoms with Crippen LogP contribution in [0.3, 0.4) is 0 Å². The van der Waals surface area contributed by atoms with E-state index in [-0.39, 0.29) is 12.3 Å². The molecule has 1 heterocycles. The third-order valence-corrected chi connectivity index (χ3v) is 0.850. The fourth-order valence-electron chi connectivity index (χ4n) is 0.469. The van der Waals surface area contributed by atoms with E-state index in [1.54, 1.807) is 6.08 Å². The van der Waals surface area contributed by atoms with Gasteiger partial charge < -0.3 is 0 Å². The molecular weight excluding hydrogens is 116 g/mol. The van der Waals surface area contributed by atoms with Crippen molar-refractivity contribution in [2.45, 2.75) is 0 Å².